The molecule has 152 valence electrons. The van der Waals surface area contributed by atoms with E-state index < -0.39 is 4.87 Å². The van der Waals surface area contributed by atoms with Crippen molar-refractivity contribution in [2.24, 2.45) is 5.92 Å². The summed E-state index contributed by atoms with van der Waals surface area (Å²) in [5.74, 6) is 0.959. The molecule has 6 heteroatoms. The SMILES string of the molecule is Cc1ccc(CN2C(=O)[C@@]3(SCCN3C(=O)CC(C)C)c3cc(Cl)ccc32)cc1. The molecule has 2 aliphatic heterocycles. The van der Waals surface area contributed by atoms with Crippen molar-refractivity contribution in [3.63, 3.8) is 0 Å². The minimum absolute atomic E-state index is 0.0291. The van der Waals surface area contributed by atoms with Gasteiger partial charge in [-0.2, -0.15) is 0 Å². The van der Waals surface area contributed by atoms with Gasteiger partial charge in [0, 0.05) is 29.3 Å². The number of anilines is 1. The predicted octanol–water partition coefficient (Wildman–Crippen LogP) is 4.97. The number of benzene rings is 2. The van der Waals surface area contributed by atoms with E-state index in [1.54, 1.807) is 16.7 Å². The van der Waals surface area contributed by atoms with Gasteiger partial charge in [-0.15, -0.1) is 11.8 Å². The number of amides is 2. The largest absolute Gasteiger partial charge is 0.315 e. The zero-order valence-electron chi connectivity index (χ0n) is 16.9. The van der Waals surface area contributed by atoms with Crippen molar-refractivity contribution in [1.82, 2.24) is 4.90 Å². The standard InChI is InChI=1S/C23H25ClN2O2S/c1-15(2)12-21(27)26-10-11-29-23(26)19-13-18(24)8-9-20(19)25(22(23)28)14-17-6-4-16(3)5-7-17/h4-9,13,15H,10-12,14H2,1-3H3/t23-/m0/s1. The second-order valence-electron chi connectivity index (χ2n) is 8.17. The van der Waals surface area contributed by atoms with Crippen molar-refractivity contribution in [3.8, 4) is 0 Å². The summed E-state index contributed by atoms with van der Waals surface area (Å²) in [5.41, 5.74) is 3.92. The van der Waals surface area contributed by atoms with Crippen molar-refractivity contribution in [2.75, 3.05) is 17.2 Å². The summed E-state index contributed by atoms with van der Waals surface area (Å²) in [6, 6.07) is 13.8. The fourth-order valence-corrected chi connectivity index (χ4v) is 5.78. The molecule has 0 radical (unpaired) electrons. The Morgan fingerprint density at radius 1 is 1.21 bits per heavy atom. The van der Waals surface area contributed by atoms with Gasteiger partial charge < -0.3 is 9.80 Å². The van der Waals surface area contributed by atoms with E-state index in [2.05, 4.69) is 12.1 Å². The van der Waals surface area contributed by atoms with Crippen LogP contribution in [0.3, 0.4) is 0 Å². The van der Waals surface area contributed by atoms with Gasteiger partial charge in [0.15, 0.2) is 4.87 Å². The molecule has 2 aromatic carbocycles. The first-order chi connectivity index (χ1) is 13.8. The summed E-state index contributed by atoms with van der Waals surface area (Å²) in [5, 5.41) is 0.580. The highest BCUT2D eigenvalue weighted by molar-refractivity contribution is 8.01. The molecule has 1 saturated heterocycles. The van der Waals surface area contributed by atoms with Crippen LogP contribution in [0.25, 0.3) is 0 Å². The van der Waals surface area contributed by atoms with Crippen LogP contribution in [0.2, 0.25) is 5.02 Å². The Kier molecular flexibility index (Phi) is 5.38. The summed E-state index contributed by atoms with van der Waals surface area (Å²) in [7, 11) is 0. The van der Waals surface area contributed by atoms with Crippen molar-refractivity contribution in [2.45, 2.75) is 38.6 Å². The number of fused-ring (bicyclic) bond motifs is 2. The van der Waals surface area contributed by atoms with Crippen LogP contribution in [0, 0.1) is 12.8 Å². The number of thioether (sulfide) groups is 1. The van der Waals surface area contributed by atoms with Crippen molar-refractivity contribution >= 4 is 40.9 Å². The van der Waals surface area contributed by atoms with E-state index in [1.165, 1.54) is 5.56 Å². The molecule has 0 unspecified atom stereocenters. The molecule has 0 aromatic heterocycles. The number of aryl methyl sites for hydroxylation is 1. The molecule has 4 rings (SSSR count). The van der Waals surface area contributed by atoms with Crippen LogP contribution >= 0.6 is 23.4 Å². The summed E-state index contributed by atoms with van der Waals surface area (Å²) in [4.78, 5) is 29.5. The molecule has 2 aromatic rings. The smallest absolute Gasteiger partial charge is 0.268 e. The van der Waals surface area contributed by atoms with Gasteiger partial charge in [0.1, 0.15) is 0 Å². The van der Waals surface area contributed by atoms with E-state index >= 15 is 0 Å². The molecule has 0 N–H and O–H groups in total. The van der Waals surface area contributed by atoms with E-state index in [0.29, 0.717) is 24.5 Å². The number of hydrogen-bond acceptors (Lipinski definition) is 3. The molecule has 2 amide bonds. The summed E-state index contributed by atoms with van der Waals surface area (Å²) in [6.07, 6.45) is 0.434. The van der Waals surface area contributed by atoms with Gasteiger partial charge in [-0.3, -0.25) is 9.59 Å². The number of halogens is 1. The minimum atomic E-state index is -1.00. The lowest BCUT2D eigenvalue weighted by Crippen LogP contribution is -2.50. The van der Waals surface area contributed by atoms with Crippen LogP contribution < -0.4 is 4.90 Å². The van der Waals surface area contributed by atoms with Gasteiger partial charge in [0.2, 0.25) is 5.91 Å². The molecule has 4 nitrogen and oxygen atoms in total. The molecule has 1 atom stereocenters. The minimum Gasteiger partial charge on any atom is -0.315 e. The third-order valence-electron chi connectivity index (χ3n) is 5.50. The Hall–Kier alpha value is -1.98. The Morgan fingerprint density at radius 2 is 1.93 bits per heavy atom. The molecule has 2 aliphatic rings. The zero-order valence-corrected chi connectivity index (χ0v) is 18.5. The maximum Gasteiger partial charge on any atom is 0.268 e. The van der Waals surface area contributed by atoms with Crippen LogP contribution in [0.4, 0.5) is 5.69 Å². The average molecular weight is 429 g/mol. The number of hydrogen-bond donors (Lipinski definition) is 0. The Bertz CT molecular complexity index is 960. The number of carbonyl (C=O) groups excluding carboxylic acids is 2. The second kappa shape index (κ2) is 7.69. The lowest BCUT2D eigenvalue weighted by molar-refractivity contribution is -0.140. The maximum atomic E-state index is 13.8. The normalized spacial score (nSPS) is 20.8. The molecule has 29 heavy (non-hydrogen) atoms. The molecule has 1 spiro atoms. The molecule has 0 aliphatic carbocycles. The van der Waals surface area contributed by atoms with Crippen LogP contribution in [-0.2, 0) is 21.0 Å². The van der Waals surface area contributed by atoms with E-state index in [1.807, 2.05) is 56.0 Å². The fourth-order valence-electron chi connectivity index (χ4n) is 4.14. The summed E-state index contributed by atoms with van der Waals surface area (Å²) >= 11 is 7.87. The quantitative estimate of drug-likeness (QED) is 0.690. The van der Waals surface area contributed by atoms with Crippen molar-refractivity contribution in [3.05, 3.63) is 64.2 Å². The highest BCUT2D eigenvalue weighted by Crippen LogP contribution is 2.55. The lowest BCUT2D eigenvalue weighted by Gasteiger charge is -2.33. The highest BCUT2D eigenvalue weighted by atomic mass is 35.5. The maximum absolute atomic E-state index is 13.8. The third kappa shape index (κ3) is 3.44. The Labute approximate surface area is 181 Å². The third-order valence-corrected chi connectivity index (χ3v) is 7.16. The fraction of sp³-hybridized carbons (Fsp3) is 0.391. The molecule has 1 fully saturated rings. The highest BCUT2D eigenvalue weighted by Gasteiger charge is 2.59. The van der Waals surface area contributed by atoms with Crippen LogP contribution in [0.1, 0.15) is 37.0 Å². The van der Waals surface area contributed by atoms with E-state index in [4.69, 9.17) is 11.6 Å². The first-order valence-electron chi connectivity index (χ1n) is 9.95. The summed E-state index contributed by atoms with van der Waals surface area (Å²) in [6.45, 7) is 7.15. The van der Waals surface area contributed by atoms with Gasteiger partial charge in [0.05, 0.1) is 12.2 Å². The number of carbonyl (C=O) groups is 2. The lowest BCUT2D eigenvalue weighted by atomic mass is 10.0. The number of nitrogens with zero attached hydrogens (tertiary/aromatic N) is 2. The Morgan fingerprint density at radius 3 is 2.62 bits per heavy atom. The predicted molar refractivity (Wildman–Crippen MR) is 119 cm³/mol. The van der Waals surface area contributed by atoms with Crippen molar-refractivity contribution in [1.29, 1.82) is 0 Å². The van der Waals surface area contributed by atoms with Crippen molar-refractivity contribution < 1.29 is 9.59 Å². The van der Waals surface area contributed by atoms with Gasteiger partial charge in [-0.1, -0.05) is 55.3 Å². The first kappa shape index (κ1) is 20.3. The molecule has 0 bridgehead atoms. The van der Waals surface area contributed by atoms with E-state index in [-0.39, 0.29) is 17.7 Å². The molecular formula is C23H25ClN2O2S. The van der Waals surface area contributed by atoms with Crippen LogP contribution in [0.5, 0.6) is 0 Å². The van der Waals surface area contributed by atoms with Gasteiger partial charge in [0.25, 0.3) is 5.91 Å². The zero-order chi connectivity index (χ0) is 20.8. The monoisotopic (exact) mass is 428 g/mol. The van der Waals surface area contributed by atoms with E-state index in [0.717, 1.165) is 22.6 Å². The van der Waals surface area contributed by atoms with Gasteiger partial charge in [-0.05, 0) is 36.6 Å². The summed E-state index contributed by atoms with van der Waals surface area (Å²) < 4.78 is 0. The van der Waals surface area contributed by atoms with Crippen LogP contribution in [-0.4, -0.2) is 29.0 Å². The molecule has 0 saturated carbocycles. The first-order valence-corrected chi connectivity index (χ1v) is 11.3. The average Bonchev–Trinajstić information content (AvgIpc) is 3.20. The Balaban J connectivity index is 1.77. The van der Waals surface area contributed by atoms with E-state index in [9.17, 15) is 9.59 Å². The second-order valence-corrected chi connectivity index (χ2v) is 9.90. The molecule has 2 heterocycles. The number of rotatable bonds is 4. The van der Waals surface area contributed by atoms with Gasteiger partial charge >= 0.3 is 0 Å². The van der Waals surface area contributed by atoms with Gasteiger partial charge in [-0.25, -0.2) is 0 Å². The topological polar surface area (TPSA) is 40.6 Å². The van der Waals surface area contributed by atoms with Crippen LogP contribution in [0.15, 0.2) is 42.5 Å². The molecular weight excluding hydrogens is 404 g/mol.